The molecule has 15 aromatic rings. The summed E-state index contributed by atoms with van der Waals surface area (Å²) in [6.45, 7) is 0. The van der Waals surface area contributed by atoms with Crippen LogP contribution in [0.25, 0.3) is 109 Å². The highest BCUT2D eigenvalue weighted by atomic mass is 19.1. The van der Waals surface area contributed by atoms with Crippen LogP contribution < -0.4 is 9.80 Å². The van der Waals surface area contributed by atoms with E-state index >= 15 is 8.78 Å². The fourth-order valence-corrected chi connectivity index (χ4v) is 11.7. The molecule has 348 valence electrons. The highest BCUT2D eigenvalue weighted by molar-refractivity contribution is 6.37. The minimum atomic E-state index is -0.367. The number of fused-ring (bicyclic) bond motifs is 9. The number of hydrogen-bond donors (Lipinski definition) is 0. The van der Waals surface area contributed by atoms with Gasteiger partial charge in [-0.2, -0.15) is 0 Å². The molecule has 0 N–H and O–H groups in total. The zero-order chi connectivity index (χ0) is 49.0. The maximum atomic E-state index is 17.3. The lowest BCUT2D eigenvalue weighted by Crippen LogP contribution is -2.10. The zero-order valence-electron chi connectivity index (χ0n) is 39.6. The lowest BCUT2D eigenvalue weighted by Gasteiger charge is -2.26. The third-order valence-electron chi connectivity index (χ3n) is 14.9. The average Bonchev–Trinajstić information content (AvgIpc) is 4.04. The summed E-state index contributed by atoms with van der Waals surface area (Å²) < 4.78 is 47.5. The molecule has 0 atom stereocenters. The number of nitrogens with zero attached hydrogens (tertiary/aromatic N) is 2. The predicted molar refractivity (Wildman–Crippen MR) is 302 cm³/mol. The second kappa shape index (κ2) is 16.4. The first-order chi connectivity index (χ1) is 36.6. The molecule has 0 aliphatic heterocycles. The molecule has 0 fully saturated rings. The van der Waals surface area contributed by atoms with Crippen LogP contribution in [0.4, 0.5) is 42.9 Å². The molecular formula is C68H40F2N2O2. The molecular weight excluding hydrogens is 915 g/mol. The van der Waals surface area contributed by atoms with Crippen LogP contribution in [0.5, 0.6) is 0 Å². The number of para-hydroxylation sites is 6. The number of rotatable bonds is 8. The van der Waals surface area contributed by atoms with Gasteiger partial charge in [-0.25, -0.2) is 8.78 Å². The van der Waals surface area contributed by atoms with Gasteiger partial charge in [-0.15, -0.1) is 0 Å². The molecule has 0 amide bonds. The Kier molecular flexibility index (Phi) is 9.29. The Hall–Kier alpha value is -9.78. The van der Waals surface area contributed by atoms with Gasteiger partial charge in [0.15, 0.2) is 11.2 Å². The van der Waals surface area contributed by atoms with Crippen molar-refractivity contribution in [3.05, 3.63) is 254 Å². The highest BCUT2D eigenvalue weighted by Gasteiger charge is 2.26. The molecule has 0 bridgehead atoms. The number of halogens is 2. The van der Waals surface area contributed by atoms with Crippen LogP contribution in [0.3, 0.4) is 0 Å². The third kappa shape index (κ3) is 6.31. The van der Waals surface area contributed by atoms with Crippen LogP contribution in [0.2, 0.25) is 0 Å². The molecule has 15 rings (SSSR count). The van der Waals surface area contributed by atoms with Gasteiger partial charge in [-0.3, -0.25) is 0 Å². The van der Waals surface area contributed by atoms with Gasteiger partial charge < -0.3 is 18.6 Å². The fourth-order valence-electron chi connectivity index (χ4n) is 11.7. The number of benzene rings is 13. The average molecular weight is 955 g/mol. The predicted octanol–water partition coefficient (Wildman–Crippen LogP) is 20.1. The Morgan fingerprint density at radius 1 is 0.270 bits per heavy atom. The maximum absolute atomic E-state index is 17.3. The molecule has 0 spiro atoms. The summed E-state index contributed by atoms with van der Waals surface area (Å²) in [5.74, 6) is -0.728. The summed E-state index contributed by atoms with van der Waals surface area (Å²) in [5.41, 5.74) is 11.9. The smallest absolute Gasteiger partial charge is 0.159 e. The van der Waals surface area contributed by atoms with E-state index in [9.17, 15) is 0 Å². The van der Waals surface area contributed by atoms with Gasteiger partial charge in [0.2, 0.25) is 0 Å². The quantitative estimate of drug-likeness (QED) is 0.112. The van der Waals surface area contributed by atoms with Crippen molar-refractivity contribution in [1.82, 2.24) is 0 Å². The minimum Gasteiger partial charge on any atom is -0.454 e. The summed E-state index contributed by atoms with van der Waals surface area (Å²) in [7, 11) is 0. The molecule has 4 nitrogen and oxygen atoms in total. The van der Waals surface area contributed by atoms with E-state index in [0.29, 0.717) is 21.5 Å². The van der Waals surface area contributed by atoms with E-state index in [0.717, 1.165) is 122 Å². The van der Waals surface area contributed by atoms with Gasteiger partial charge in [0.1, 0.15) is 22.8 Å². The summed E-state index contributed by atoms with van der Waals surface area (Å²) >= 11 is 0. The Morgan fingerprint density at radius 2 is 0.676 bits per heavy atom. The molecule has 13 aromatic carbocycles. The summed E-state index contributed by atoms with van der Waals surface area (Å²) in [6.07, 6.45) is 0. The van der Waals surface area contributed by atoms with Crippen LogP contribution in [0, 0.1) is 11.6 Å². The second-order valence-corrected chi connectivity index (χ2v) is 19.0. The standard InChI is InChI=1S/C68H40F2N2O2/c69-57-40-56(42-31-35-46(36-32-42)72(44-17-5-2-6-18-44)60-26-14-24-53-48-20-10-12-28-62(48)74-68(53)60)63-49-21-7-8-22-50(49)64-58(70)39-55(51-37-38-54(57)66(63)65(51)64)41-29-33-45(34-30-41)71(43-15-3-1-4-16-43)59-25-13-23-52-47-19-9-11-27-61(47)73-67(52)59/h1-40H. The van der Waals surface area contributed by atoms with Gasteiger partial charge in [-0.1, -0.05) is 158 Å². The fraction of sp³-hybridized carbons (Fsp3) is 0. The monoisotopic (exact) mass is 954 g/mol. The van der Waals surface area contributed by atoms with Crippen molar-refractivity contribution in [2.75, 3.05) is 9.80 Å². The van der Waals surface area contributed by atoms with Crippen molar-refractivity contribution >= 4 is 121 Å². The van der Waals surface area contributed by atoms with Crippen LogP contribution in [-0.4, -0.2) is 0 Å². The van der Waals surface area contributed by atoms with E-state index in [4.69, 9.17) is 8.83 Å². The SMILES string of the molecule is Fc1cc(-c2ccc(N(c3ccccc3)c3cccc4c3oc3ccccc34)cc2)c2c3ccccc3c3c(F)cc(-c4ccc(N(c5ccccc5)c5cccc6c5oc5ccccc56)cc4)c4ccc1c2c43. The summed E-state index contributed by atoms with van der Waals surface area (Å²) in [4.78, 5) is 4.40. The number of furan rings is 2. The first-order valence-corrected chi connectivity index (χ1v) is 24.8. The van der Waals surface area contributed by atoms with Gasteiger partial charge in [-0.05, 0) is 129 Å². The van der Waals surface area contributed by atoms with Gasteiger partial charge in [0.25, 0.3) is 0 Å². The molecule has 6 heteroatoms. The molecule has 0 unspecified atom stereocenters. The molecule has 0 aliphatic carbocycles. The zero-order valence-corrected chi connectivity index (χ0v) is 39.6. The second-order valence-electron chi connectivity index (χ2n) is 19.0. The van der Waals surface area contributed by atoms with Crippen LogP contribution >= 0.6 is 0 Å². The van der Waals surface area contributed by atoms with Crippen molar-refractivity contribution in [1.29, 1.82) is 0 Å². The molecule has 0 radical (unpaired) electrons. The van der Waals surface area contributed by atoms with E-state index in [1.165, 1.54) is 0 Å². The molecule has 0 saturated heterocycles. The summed E-state index contributed by atoms with van der Waals surface area (Å²) in [6, 6.07) is 80.8. The van der Waals surface area contributed by atoms with Crippen molar-refractivity contribution in [2.24, 2.45) is 0 Å². The lowest BCUT2D eigenvalue weighted by atomic mass is 9.83. The van der Waals surface area contributed by atoms with Gasteiger partial charge in [0, 0.05) is 65.8 Å². The van der Waals surface area contributed by atoms with E-state index < -0.39 is 0 Å². The van der Waals surface area contributed by atoms with Crippen LogP contribution in [0.1, 0.15) is 0 Å². The lowest BCUT2D eigenvalue weighted by molar-refractivity contribution is 0.640. The molecule has 2 heterocycles. The molecule has 0 saturated carbocycles. The maximum Gasteiger partial charge on any atom is 0.159 e. The van der Waals surface area contributed by atoms with Crippen molar-refractivity contribution in [2.45, 2.75) is 0 Å². The van der Waals surface area contributed by atoms with Crippen molar-refractivity contribution in [3.8, 4) is 22.3 Å². The van der Waals surface area contributed by atoms with Crippen LogP contribution in [-0.2, 0) is 0 Å². The van der Waals surface area contributed by atoms with Gasteiger partial charge in [0.05, 0.1) is 11.4 Å². The first kappa shape index (κ1) is 42.0. The Balaban J connectivity index is 0.887. The Morgan fingerprint density at radius 3 is 1.22 bits per heavy atom. The third-order valence-corrected chi connectivity index (χ3v) is 14.9. The van der Waals surface area contributed by atoms with E-state index in [2.05, 4.69) is 131 Å². The van der Waals surface area contributed by atoms with Crippen molar-refractivity contribution in [3.63, 3.8) is 0 Å². The summed E-state index contributed by atoms with van der Waals surface area (Å²) in [5, 5.41) is 9.85. The van der Waals surface area contributed by atoms with E-state index in [1.807, 2.05) is 109 Å². The topological polar surface area (TPSA) is 32.8 Å². The molecule has 0 aliphatic rings. The minimum absolute atomic E-state index is 0.361. The van der Waals surface area contributed by atoms with E-state index in [1.54, 1.807) is 12.1 Å². The molecule has 74 heavy (non-hydrogen) atoms. The molecule has 2 aromatic heterocycles. The normalized spacial score (nSPS) is 11.9. The van der Waals surface area contributed by atoms with Crippen LogP contribution in [0.15, 0.2) is 251 Å². The Bertz CT molecular complexity index is 4680. The first-order valence-electron chi connectivity index (χ1n) is 24.8. The Labute approximate surface area is 423 Å². The number of hydrogen-bond acceptors (Lipinski definition) is 4. The van der Waals surface area contributed by atoms with E-state index in [-0.39, 0.29) is 11.6 Å². The highest BCUT2D eigenvalue weighted by Crippen LogP contribution is 2.50. The van der Waals surface area contributed by atoms with Gasteiger partial charge >= 0.3 is 0 Å². The van der Waals surface area contributed by atoms with Crippen molar-refractivity contribution < 1.29 is 17.6 Å². The number of anilines is 6. The largest absolute Gasteiger partial charge is 0.454 e.